The van der Waals surface area contributed by atoms with E-state index < -0.39 is 10.0 Å². The standard InChI is InChI=1S/C13H20N4O3S/c18-21(19,17-11-5-10-3-4-12(11)20-10)13-8(7-15-16-13)6-14-9-1-2-9/h7,9-12,14,17H,1-6H2,(H,15,16). The molecule has 8 heteroatoms. The third-order valence-electron chi connectivity index (χ3n) is 4.52. The minimum absolute atomic E-state index is 0.0285. The van der Waals surface area contributed by atoms with Crippen LogP contribution < -0.4 is 10.0 Å². The second-order valence-electron chi connectivity index (χ2n) is 6.22. The Morgan fingerprint density at radius 3 is 2.86 bits per heavy atom. The molecule has 3 unspecified atom stereocenters. The third-order valence-corrected chi connectivity index (χ3v) is 6.02. The lowest BCUT2D eigenvalue weighted by atomic mass is 9.96. The van der Waals surface area contributed by atoms with Crippen molar-refractivity contribution >= 4 is 10.0 Å². The molecule has 0 radical (unpaired) electrons. The summed E-state index contributed by atoms with van der Waals surface area (Å²) >= 11 is 0. The van der Waals surface area contributed by atoms with Crippen LogP contribution in [0.25, 0.3) is 0 Å². The van der Waals surface area contributed by atoms with E-state index in [0.717, 1.165) is 19.3 Å². The van der Waals surface area contributed by atoms with E-state index in [9.17, 15) is 8.42 Å². The van der Waals surface area contributed by atoms with Gasteiger partial charge < -0.3 is 10.1 Å². The van der Waals surface area contributed by atoms with Crippen LogP contribution in [0.4, 0.5) is 0 Å². The number of nitrogens with zero attached hydrogens (tertiary/aromatic N) is 1. The van der Waals surface area contributed by atoms with E-state index in [0.29, 0.717) is 18.2 Å². The summed E-state index contributed by atoms with van der Waals surface area (Å²) in [5.41, 5.74) is 0.693. The van der Waals surface area contributed by atoms with Gasteiger partial charge in [-0.3, -0.25) is 5.10 Å². The van der Waals surface area contributed by atoms with Crippen molar-refractivity contribution in [2.24, 2.45) is 0 Å². The topological polar surface area (TPSA) is 96.1 Å². The highest BCUT2D eigenvalue weighted by Gasteiger charge is 2.43. The average Bonchev–Trinajstić information content (AvgIpc) is 2.88. The predicted molar refractivity (Wildman–Crippen MR) is 75.1 cm³/mol. The van der Waals surface area contributed by atoms with E-state index in [1.807, 2.05) is 0 Å². The fraction of sp³-hybridized carbons (Fsp3) is 0.769. The number of nitrogens with one attached hydrogen (secondary N) is 3. The molecule has 2 saturated heterocycles. The van der Waals surface area contributed by atoms with Crippen molar-refractivity contribution < 1.29 is 13.2 Å². The Kier molecular flexibility index (Phi) is 3.29. The minimum Gasteiger partial charge on any atom is -0.373 e. The minimum atomic E-state index is -3.57. The molecular weight excluding hydrogens is 292 g/mol. The highest BCUT2D eigenvalue weighted by molar-refractivity contribution is 7.89. The molecule has 1 aliphatic carbocycles. The third kappa shape index (κ3) is 2.73. The first-order valence-corrected chi connectivity index (χ1v) is 9.03. The van der Waals surface area contributed by atoms with Crippen molar-refractivity contribution in [2.75, 3.05) is 0 Å². The van der Waals surface area contributed by atoms with E-state index in [1.165, 1.54) is 12.8 Å². The number of rotatable bonds is 6. The van der Waals surface area contributed by atoms with Crippen LogP contribution in [-0.2, 0) is 21.3 Å². The van der Waals surface area contributed by atoms with Gasteiger partial charge in [0, 0.05) is 18.2 Å². The normalized spacial score (nSPS) is 31.9. The smallest absolute Gasteiger partial charge is 0.258 e. The van der Waals surface area contributed by atoms with E-state index in [2.05, 4.69) is 20.2 Å². The lowest BCUT2D eigenvalue weighted by Gasteiger charge is -2.19. The molecule has 2 bridgehead atoms. The van der Waals surface area contributed by atoms with Gasteiger partial charge in [-0.05, 0) is 32.1 Å². The molecular formula is C13H20N4O3S. The molecule has 2 aliphatic heterocycles. The molecule has 3 atom stereocenters. The van der Waals surface area contributed by atoms with Gasteiger partial charge >= 0.3 is 0 Å². The van der Waals surface area contributed by atoms with Crippen LogP contribution in [0.2, 0.25) is 0 Å². The largest absolute Gasteiger partial charge is 0.373 e. The van der Waals surface area contributed by atoms with Gasteiger partial charge in [0.25, 0.3) is 10.0 Å². The molecule has 116 valence electrons. The Morgan fingerprint density at radius 2 is 2.19 bits per heavy atom. The summed E-state index contributed by atoms with van der Waals surface area (Å²) in [6, 6.07) is 0.420. The second kappa shape index (κ2) is 5.05. The Balaban J connectivity index is 1.47. The summed E-state index contributed by atoms with van der Waals surface area (Å²) in [5.74, 6) is 0. The van der Waals surface area contributed by atoms with Gasteiger partial charge in [-0.25, -0.2) is 13.1 Å². The van der Waals surface area contributed by atoms with Crippen LogP contribution in [0.3, 0.4) is 0 Å². The van der Waals surface area contributed by atoms with E-state index in [1.54, 1.807) is 6.20 Å². The molecule has 1 saturated carbocycles. The number of ether oxygens (including phenoxy) is 1. The molecule has 1 aromatic heterocycles. The van der Waals surface area contributed by atoms with E-state index in [-0.39, 0.29) is 23.3 Å². The van der Waals surface area contributed by atoms with Gasteiger partial charge in [0.05, 0.1) is 24.4 Å². The zero-order chi connectivity index (χ0) is 14.4. The zero-order valence-corrected chi connectivity index (χ0v) is 12.5. The van der Waals surface area contributed by atoms with Crippen LogP contribution in [-0.4, -0.2) is 42.9 Å². The van der Waals surface area contributed by atoms with Gasteiger partial charge in [-0.15, -0.1) is 0 Å². The number of aromatic amines is 1. The number of aromatic nitrogens is 2. The molecule has 3 aliphatic rings. The van der Waals surface area contributed by atoms with Crippen LogP contribution in [0.15, 0.2) is 11.2 Å². The van der Waals surface area contributed by atoms with Crippen molar-refractivity contribution in [2.45, 2.75) is 68.0 Å². The monoisotopic (exact) mass is 312 g/mol. The molecule has 3 fully saturated rings. The molecule has 21 heavy (non-hydrogen) atoms. The quantitative estimate of drug-likeness (QED) is 0.700. The maximum atomic E-state index is 12.5. The number of sulfonamides is 1. The summed E-state index contributed by atoms with van der Waals surface area (Å²) in [5, 5.41) is 10.0. The van der Waals surface area contributed by atoms with Crippen molar-refractivity contribution in [3.8, 4) is 0 Å². The van der Waals surface area contributed by atoms with Gasteiger partial charge in [-0.2, -0.15) is 5.10 Å². The van der Waals surface area contributed by atoms with Gasteiger partial charge in [0.15, 0.2) is 5.03 Å². The number of hydrogen-bond donors (Lipinski definition) is 3. The fourth-order valence-corrected chi connectivity index (χ4v) is 4.63. The molecule has 0 aromatic carbocycles. The maximum Gasteiger partial charge on any atom is 0.258 e. The van der Waals surface area contributed by atoms with Gasteiger partial charge in [0.1, 0.15) is 0 Å². The van der Waals surface area contributed by atoms with Crippen molar-refractivity contribution in [3.63, 3.8) is 0 Å². The van der Waals surface area contributed by atoms with Gasteiger partial charge in [0.2, 0.25) is 0 Å². The first kappa shape index (κ1) is 13.7. The molecule has 4 rings (SSSR count). The summed E-state index contributed by atoms with van der Waals surface area (Å²) < 4.78 is 33.6. The Morgan fingerprint density at radius 1 is 1.33 bits per heavy atom. The SMILES string of the molecule is O=S(=O)(NC1CC2CCC1O2)c1[nH]ncc1CNC1CC1. The van der Waals surface area contributed by atoms with Crippen molar-refractivity contribution in [1.29, 1.82) is 0 Å². The molecule has 7 nitrogen and oxygen atoms in total. The van der Waals surface area contributed by atoms with Crippen LogP contribution in [0.5, 0.6) is 0 Å². The lowest BCUT2D eigenvalue weighted by Crippen LogP contribution is -2.41. The van der Waals surface area contributed by atoms with Crippen molar-refractivity contribution in [1.82, 2.24) is 20.2 Å². The van der Waals surface area contributed by atoms with Crippen LogP contribution in [0.1, 0.15) is 37.7 Å². The number of H-pyrrole nitrogens is 1. The lowest BCUT2D eigenvalue weighted by molar-refractivity contribution is 0.0996. The van der Waals surface area contributed by atoms with Crippen LogP contribution in [0, 0.1) is 0 Å². The molecule has 1 aromatic rings. The maximum absolute atomic E-state index is 12.5. The molecule has 3 N–H and O–H groups in total. The summed E-state index contributed by atoms with van der Waals surface area (Å²) in [6.45, 7) is 0.532. The summed E-state index contributed by atoms with van der Waals surface area (Å²) in [6.07, 6.45) is 6.93. The van der Waals surface area contributed by atoms with E-state index in [4.69, 9.17) is 4.74 Å². The molecule has 0 spiro atoms. The number of fused-ring (bicyclic) bond motifs is 2. The second-order valence-corrected chi connectivity index (χ2v) is 7.87. The first-order chi connectivity index (χ1) is 10.1. The van der Waals surface area contributed by atoms with Gasteiger partial charge in [-0.1, -0.05) is 0 Å². The Hall–Kier alpha value is -0.960. The molecule has 3 heterocycles. The average molecular weight is 312 g/mol. The Bertz CT molecular complexity index is 625. The molecule has 0 amide bonds. The summed E-state index contributed by atoms with van der Waals surface area (Å²) in [4.78, 5) is 0. The fourth-order valence-electron chi connectivity index (χ4n) is 3.22. The Labute approximate surface area is 123 Å². The van der Waals surface area contributed by atoms with Crippen LogP contribution >= 0.6 is 0 Å². The zero-order valence-electron chi connectivity index (χ0n) is 11.7. The summed E-state index contributed by atoms with van der Waals surface area (Å²) in [7, 11) is -3.57. The first-order valence-electron chi connectivity index (χ1n) is 7.55. The number of hydrogen-bond acceptors (Lipinski definition) is 5. The van der Waals surface area contributed by atoms with Crippen molar-refractivity contribution in [3.05, 3.63) is 11.8 Å². The van der Waals surface area contributed by atoms with E-state index >= 15 is 0 Å². The highest BCUT2D eigenvalue weighted by atomic mass is 32.2. The highest BCUT2D eigenvalue weighted by Crippen LogP contribution is 2.35. The predicted octanol–water partition coefficient (Wildman–Crippen LogP) is 0.260.